The Labute approximate surface area is 201 Å². The van der Waals surface area contributed by atoms with Crippen molar-refractivity contribution in [2.45, 2.75) is 0 Å². The van der Waals surface area contributed by atoms with E-state index in [4.69, 9.17) is 23.2 Å². The molecule has 1 heterocycles. The van der Waals surface area contributed by atoms with Crippen LogP contribution in [0.5, 0.6) is 0 Å². The van der Waals surface area contributed by atoms with E-state index in [-0.39, 0.29) is 23.7 Å². The third-order valence-corrected chi connectivity index (χ3v) is 7.52. The Kier molecular flexibility index (Phi) is 4.79. The van der Waals surface area contributed by atoms with Crippen LogP contribution in [0.4, 0.5) is 5.69 Å². The van der Waals surface area contributed by atoms with Crippen LogP contribution in [0.25, 0.3) is 5.57 Å². The van der Waals surface area contributed by atoms with Crippen molar-refractivity contribution in [2.24, 2.45) is 23.7 Å². The van der Waals surface area contributed by atoms with Gasteiger partial charge >= 0.3 is 0 Å². The zero-order valence-electron chi connectivity index (χ0n) is 17.5. The number of anilines is 1. The molecule has 2 bridgehead atoms. The average molecular weight is 472 g/mol. The normalized spacial score (nSPS) is 25.2. The number of carbonyl (C=O) groups excluding carboxylic acids is 2. The van der Waals surface area contributed by atoms with Gasteiger partial charge in [-0.25, -0.2) is 4.90 Å². The lowest BCUT2D eigenvalue weighted by Gasteiger charge is -2.22. The van der Waals surface area contributed by atoms with Crippen molar-refractivity contribution in [3.8, 4) is 0 Å². The average Bonchev–Trinajstić information content (AvgIpc) is 3.46. The summed E-state index contributed by atoms with van der Waals surface area (Å²) in [5.74, 6) is -1.47. The maximum Gasteiger partial charge on any atom is 0.238 e. The molecule has 1 aliphatic heterocycles. The van der Waals surface area contributed by atoms with E-state index in [0.717, 1.165) is 22.3 Å². The molecule has 3 aromatic rings. The van der Waals surface area contributed by atoms with Crippen molar-refractivity contribution in [1.82, 2.24) is 0 Å². The molecule has 0 aromatic heterocycles. The molecule has 0 spiro atoms. The van der Waals surface area contributed by atoms with Crippen molar-refractivity contribution in [2.75, 3.05) is 4.90 Å². The first-order valence-corrected chi connectivity index (χ1v) is 11.7. The second-order valence-electron chi connectivity index (χ2n) is 8.66. The number of benzene rings is 3. The van der Waals surface area contributed by atoms with E-state index in [9.17, 15) is 9.59 Å². The van der Waals surface area contributed by atoms with Crippen LogP contribution < -0.4 is 4.90 Å². The fourth-order valence-corrected chi connectivity index (χ4v) is 6.20. The molecule has 2 amide bonds. The highest BCUT2D eigenvalue weighted by Gasteiger charge is 2.62. The van der Waals surface area contributed by atoms with E-state index >= 15 is 0 Å². The lowest BCUT2D eigenvalue weighted by molar-refractivity contribution is -0.122. The maximum absolute atomic E-state index is 13.6. The monoisotopic (exact) mass is 471 g/mol. The van der Waals surface area contributed by atoms with E-state index in [1.54, 1.807) is 18.2 Å². The molecule has 0 N–H and O–H groups in total. The number of hydrogen-bond donors (Lipinski definition) is 0. The van der Waals surface area contributed by atoms with E-state index < -0.39 is 11.8 Å². The van der Waals surface area contributed by atoms with Crippen molar-refractivity contribution in [3.63, 3.8) is 0 Å². The summed E-state index contributed by atoms with van der Waals surface area (Å²) in [7, 11) is 0. The number of allylic oxidation sites excluding steroid dienone is 3. The third kappa shape index (κ3) is 3.03. The SMILES string of the molecule is O=C1[C@H]2[C@H](C(=O)N1c1ccc(Cl)cc1Cl)[C@H]1C=C[C@@H]2C1=C(c1ccccc1)c1ccccc1. The molecule has 1 saturated carbocycles. The summed E-state index contributed by atoms with van der Waals surface area (Å²) in [6.07, 6.45) is 4.20. The Balaban J connectivity index is 1.49. The summed E-state index contributed by atoms with van der Waals surface area (Å²) in [6.45, 7) is 0. The largest absolute Gasteiger partial charge is 0.274 e. The van der Waals surface area contributed by atoms with Crippen molar-refractivity contribution < 1.29 is 9.59 Å². The van der Waals surface area contributed by atoms with Gasteiger partial charge in [-0.05, 0) is 40.5 Å². The van der Waals surface area contributed by atoms with Crippen LogP contribution >= 0.6 is 23.2 Å². The van der Waals surface area contributed by atoms with Crippen molar-refractivity contribution >= 4 is 46.3 Å². The number of fused-ring (bicyclic) bond motifs is 5. The molecule has 33 heavy (non-hydrogen) atoms. The van der Waals surface area contributed by atoms with Gasteiger partial charge in [-0.2, -0.15) is 0 Å². The zero-order chi connectivity index (χ0) is 22.7. The van der Waals surface area contributed by atoms with E-state index in [2.05, 4.69) is 36.4 Å². The third-order valence-electron chi connectivity index (χ3n) is 6.98. The molecule has 5 heteroatoms. The Bertz CT molecular complexity index is 1270. The number of rotatable bonds is 3. The van der Waals surface area contributed by atoms with Crippen LogP contribution in [0.15, 0.2) is 96.6 Å². The zero-order valence-corrected chi connectivity index (χ0v) is 19.0. The summed E-state index contributed by atoms with van der Waals surface area (Å²) in [5, 5.41) is 0.764. The predicted molar refractivity (Wildman–Crippen MR) is 131 cm³/mol. The van der Waals surface area contributed by atoms with Crippen LogP contribution in [0, 0.1) is 23.7 Å². The molecule has 2 fully saturated rings. The minimum absolute atomic E-state index is 0.122. The van der Waals surface area contributed by atoms with Gasteiger partial charge in [-0.15, -0.1) is 0 Å². The lowest BCUT2D eigenvalue weighted by Crippen LogP contribution is -2.33. The Morgan fingerprint density at radius 2 is 1.21 bits per heavy atom. The van der Waals surface area contributed by atoms with Gasteiger partial charge in [0.2, 0.25) is 11.8 Å². The fraction of sp³-hybridized carbons (Fsp3) is 0.143. The molecule has 3 aliphatic rings. The molecule has 0 radical (unpaired) electrons. The van der Waals surface area contributed by atoms with Crippen LogP contribution in [0.3, 0.4) is 0 Å². The van der Waals surface area contributed by atoms with Crippen LogP contribution in [-0.4, -0.2) is 11.8 Å². The van der Waals surface area contributed by atoms with Gasteiger partial charge in [0, 0.05) is 16.9 Å². The standard InChI is InChI=1S/C28H19Cl2NO2/c29-18-11-14-22(21(30)15-18)31-27(32)25-19-12-13-20(26(25)28(31)33)24(19)23(16-7-3-1-4-8-16)17-9-5-2-6-10-17/h1-15,19-20,25-26H/t19-,20+,25-,26-/m1/s1. The first-order chi connectivity index (χ1) is 16.1. The lowest BCUT2D eigenvalue weighted by atomic mass is 9.85. The minimum Gasteiger partial charge on any atom is -0.274 e. The topological polar surface area (TPSA) is 37.4 Å². The van der Waals surface area contributed by atoms with E-state index in [1.807, 2.05) is 36.4 Å². The molecule has 6 rings (SSSR count). The van der Waals surface area contributed by atoms with Gasteiger partial charge in [0.25, 0.3) is 0 Å². The highest BCUT2D eigenvalue weighted by atomic mass is 35.5. The number of hydrogen-bond acceptors (Lipinski definition) is 2. The second kappa shape index (κ2) is 7.72. The molecular weight excluding hydrogens is 453 g/mol. The summed E-state index contributed by atoms with van der Waals surface area (Å²) in [5.41, 5.74) is 4.86. The molecule has 0 unspecified atom stereocenters. The van der Waals surface area contributed by atoms with Gasteiger partial charge in [-0.1, -0.05) is 96.0 Å². The van der Waals surface area contributed by atoms with Crippen LogP contribution in [-0.2, 0) is 9.59 Å². The summed E-state index contributed by atoms with van der Waals surface area (Å²) in [6, 6.07) is 25.3. The van der Waals surface area contributed by atoms with E-state index in [1.165, 1.54) is 4.90 Å². The highest BCUT2D eigenvalue weighted by molar-refractivity contribution is 6.38. The summed E-state index contributed by atoms with van der Waals surface area (Å²) in [4.78, 5) is 28.5. The first kappa shape index (κ1) is 20.5. The fourth-order valence-electron chi connectivity index (χ4n) is 5.71. The molecule has 4 atom stereocenters. The molecule has 1 saturated heterocycles. The number of amides is 2. The molecular formula is C28H19Cl2NO2. The van der Waals surface area contributed by atoms with Gasteiger partial charge in [0.1, 0.15) is 0 Å². The Morgan fingerprint density at radius 3 is 1.70 bits per heavy atom. The summed E-state index contributed by atoms with van der Waals surface area (Å²) >= 11 is 12.4. The van der Waals surface area contributed by atoms with E-state index in [0.29, 0.717) is 15.7 Å². The molecule has 3 aromatic carbocycles. The number of halogens is 2. The Hall–Kier alpha value is -3.14. The van der Waals surface area contributed by atoms with Gasteiger partial charge in [0.15, 0.2) is 0 Å². The molecule has 162 valence electrons. The number of nitrogens with zero attached hydrogens (tertiary/aromatic N) is 1. The van der Waals surface area contributed by atoms with Crippen molar-refractivity contribution in [1.29, 1.82) is 0 Å². The second-order valence-corrected chi connectivity index (χ2v) is 9.50. The smallest absolute Gasteiger partial charge is 0.238 e. The number of carbonyl (C=O) groups is 2. The quantitative estimate of drug-likeness (QED) is 0.326. The van der Waals surface area contributed by atoms with Crippen LogP contribution in [0.2, 0.25) is 10.0 Å². The van der Waals surface area contributed by atoms with Gasteiger partial charge in [-0.3, -0.25) is 9.59 Å². The van der Waals surface area contributed by atoms with Crippen LogP contribution in [0.1, 0.15) is 11.1 Å². The first-order valence-electron chi connectivity index (χ1n) is 10.9. The Morgan fingerprint density at radius 1 is 0.697 bits per heavy atom. The molecule has 3 nitrogen and oxygen atoms in total. The van der Waals surface area contributed by atoms with Gasteiger partial charge in [0.05, 0.1) is 22.5 Å². The summed E-state index contributed by atoms with van der Waals surface area (Å²) < 4.78 is 0. The maximum atomic E-state index is 13.6. The highest BCUT2D eigenvalue weighted by Crippen LogP contribution is 2.59. The number of imide groups is 1. The van der Waals surface area contributed by atoms with Crippen molar-refractivity contribution in [3.05, 3.63) is 118 Å². The van der Waals surface area contributed by atoms with Gasteiger partial charge < -0.3 is 0 Å². The molecule has 2 aliphatic carbocycles. The minimum atomic E-state index is -0.420. The predicted octanol–water partition coefficient (Wildman–Crippen LogP) is 6.42.